The van der Waals surface area contributed by atoms with Crippen LogP contribution < -0.4 is 0 Å². The Bertz CT molecular complexity index is 1470. The van der Waals surface area contributed by atoms with Crippen molar-refractivity contribution in [1.82, 2.24) is 0 Å². The van der Waals surface area contributed by atoms with Crippen molar-refractivity contribution in [3.8, 4) is 23.7 Å². The molecule has 0 radical (unpaired) electrons. The van der Waals surface area contributed by atoms with Gasteiger partial charge in [-0.25, -0.2) is 22.0 Å². The monoisotopic (exact) mass is 432 g/mol. The van der Waals surface area contributed by atoms with Crippen LogP contribution in [0, 0.1) is 59.7 Å². The Morgan fingerprint density at radius 2 is 1.28 bits per heavy atom. The molecule has 0 aliphatic rings. The molecule has 0 saturated carbocycles. The molecule has 0 unspecified atom stereocenters. The Labute approximate surface area is 181 Å². The minimum atomic E-state index is -0.971. The van der Waals surface area contributed by atoms with Crippen molar-refractivity contribution in [2.75, 3.05) is 0 Å². The average molecular weight is 432 g/mol. The number of benzene rings is 4. The predicted molar refractivity (Wildman–Crippen MR) is 113 cm³/mol. The normalized spacial score (nSPS) is 10.3. The molecule has 4 rings (SSSR count). The minimum absolute atomic E-state index is 0.0359. The number of rotatable bonds is 0. The fourth-order valence-electron chi connectivity index (χ4n) is 3.10. The summed E-state index contributed by atoms with van der Waals surface area (Å²) in [7, 11) is 0. The summed E-state index contributed by atoms with van der Waals surface area (Å²) >= 11 is 0. The van der Waals surface area contributed by atoms with E-state index >= 15 is 0 Å². The van der Waals surface area contributed by atoms with Gasteiger partial charge in [-0.3, -0.25) is 0 Å². The van der Waals surface area contributed by atoms with Gasteiger partial charge in [0.25, 0.3) is 0 Å². The Hall–Kier alpha value is -4.09. The van der Waals surface area contributed by atoms with Crippen molar-refractivity contribution >= 4 is 10.8 Å². The first-order valence-corrected chi connectivity index (χ1v) is 9.49. The molecule has 0 saturated heterocycles. The van der Waals surface area contributed by atoms with Gasteiger partial charge in [0.2, 0.25) is 0 Å². The summed E-state index contributed by atoms with van der Waals surface area (Å²) in [5.41, 5.74) is 0.807. The third-order valence-electron chi connectivity index (χ3n) is 4.75. The molecular formula is C27H13F5. The molecule has 4 aromatic carbocycles. The Morgan fingerprint density at radius 1 is 0.562 bits per heavy atom. The van der Waals surface area contributed by atoms with Crippen LogP contribution in [0.3, 0.4) is 0 Å². The highest BCUT2D eigenvalue weighted by Gasteiger charge is 2.10. The quantitative estimate of drug-likeness (QED) is 0.216. The van der Waals surface area contributed by atoms with Gasteiger partial charge in [0, 0.05) is 16.5 Å². The van der Waals surface area contributed by atoms with E-state index in [-0.39, 0.29) is 16.5 Å². The van der Waals surface area contributed by atoms with Crippen molar-refractivity contribution in [3.63, 3.8) is 0 Å². The zero-order valence-electron chi connectivity index (χ0n) is 16.7. The lowest BCUT2D eigenvalue weighted by molar-refractivity contribution is 0.517. The Morgan fingerprint density at radius 3 is 2.00 bits per heavy atom. The summed E-state index contributed by atoms with van der Waals surface area (Å²) in [4.78, 5) is 0. The summed E-state index contributed by atoms with van der Waals surface area (Å²) in [6.45, 7) is 1.74. The number of fused-ring (bicyclic) bond motifs is 1. The maximum absolute atomic E-state index is 14.4. The van der Waals surface area contributed by atoms with Gasteiger partial charge in [-0.1, -0.05) is 41.9 Å². The molecule has 0 atom stereocenters. The third kappa shape index (κ3) is 4.33. The maximum Gasteiger partial charge on any atom is 0.166 e. The van der Waals surface area contributed by atoms with Crippen LogP contribution in [0.2, 0.25) is 0 Å². The lowest BCUT2D eigenvalue weighted by Gasteiger charge is -2.01. The zero-order chi connectivity index (χ0) is 22.8. The largest absolute Gasteiger partial charge is 0.206 e. The van der Waals surface area contributed by atoms with Crippen molar-refractivity contribution in [2.24, 2.45) is 0 Å². The van der Waals surface area contributed by atoms with Gasteiger partial charge in [0.15, 0.2) is 11.6 Å². The first-order valence-electron chi connectivity index (χ1n) is 9.49. The fourth-order valence-corrected chi connectivity index (χ4v) is 3.10. The molecule has 0 aliphatic heterocycles. The lowest BCUT2D eigenvalue weighted by atomic mass is 10.1. The van der Waals surface area contributed by atoms with Crippen molar-refractivity contribution < 1.29 is 22.0 Å². The molecule has 0 aliphatic carbocycles. The summed E-state index contributed by atoms with van der Waals surface area (Å²) in [5.74, 6) is 5.88. The molecule has 0 nitrogen and oxygen atoms in total. The van der Waals surface area contributed by atoms with Crippen molar-refractivity contribution in [3.05, 3.63) is 118 Å². The van der Waals surface area contributed by atoms with E-state index in [0.717, 1.165) is 23.8 Å². The SMILES string of the molecule is Cc1ccc(C#Cc2cc(F)c(C#Cc3ccc4c(F)c(F)ccc4c3)c(F)c2)c(F)c1. The summed E-state index contributed by atoms with van der Waals surface area (Å²) in [5, 5.41) is 0.492. The van der Waals surface area contributed by atoms with Gasteiger partial charge in [0.05, 0.1) is 11.1 Å². The molecule has 156 valence electrons. The van der Waals surface area contributed by atoms with E-state index in [1.807, 2.05) is 0 Å². The summed E-state index contributed by atoms with van der Waals surface area (Å²) < 4.78 is 69.9. The van der Waals surface area contributed by atoms with Gasteiger partial charge >= 0.3 is 0 Å². The van der Waals surface area contributed by atoms with Crippen LogP contribution in [0.25, 0.3) is 10.8 Å². The van der Waals surface area contributed by atoms with Crippen LogP contribution >= 0.6 is 0 Å². The van der Waals surface area contributed by atoms with Crippen molar-refractivity contribution in [2.45, 2.75) is 6.92 Å². The highest BCUT2D eigenvalue weighted by Crippen LogP contribution is 2.22. The van der Waals surface area contributed by atoms with Crippen LogP contribution in [0.1, 0.15) is 27.8 Å². The first kappa shape index (κ1) is 21.2. The van der Waals surface area contributed by atoms with Gasteiger partial charge in [-0.15, -0.1) is 0 Å². The zero-order valence-corrected chi connectivity index (χ0v) is 16.7. The lowest BCUT2D eigenvalue weighted by Crippen LogP contribution is -1.93. The molecule has 0 spiro atoms. The molecule has 32 heavy (non-hydrogen) atoms. The molecule has 0 heterocycles. The smallest absolute Gasteiger partial charge is 0.166 e. The maximum atomic E-state index is 14.4. The van der Waals surface area contributed by atoms with Crippen molar-refractivity contribution in [1.29, 1.82) is 0 Å². The molecular weight excluding hydrogens is 419 g/mol. The van der Waals surface area contributed by atoms with E-state index in [9.17, 15) is 22.0 Å². The summed E-state index contributed by atoms with van der Waals surface area (Å²) in [6.07, 6.45) is 0. The molecule has 0 amide bonds. The van der Waals surface area contributed by atoms with Crippen LogP contribution in [0.15, 0.2) is 60.7 Å². The predicted octanol–water partition coefficient (Wildman–Crippen LogP) is 6.64. The number of hydrogen-bond donors (Lipinski definition) is 0. The number of halogens is 5. The second kappa shape index (κ2) is 8.57. The van der Waals surface area contributed by atoms with Gasteiger partial charge in [0.1, 0.15) is 17.5 Å². The second-order valence-corrected chi connectivity index (χ2v) is 7.10. The Balaban J connectivity index is 1.64. The van der Waals surface area contributed by atoms with E-state index in [1.165, 1.54) is 36.4 Å². The molecule has 0 aromatic heterocycles. The Kier molecular flexibility index (Phi) is 5.67. The topological polar surface area (TPSA) is 0 Å². The van der Waals surface area contributed by atoms with E-state index in [1.54, 1.807) is 13.0 Å². The highest BCUT2D eigenvalue weighted by atomic mass is 19.2. The summed E-state index contributed by atoms with van der Waals surface area (Å²) in [6, 6.07) is 13.2. The molecule has 0 bridgehead atoms. The van der Waals surface area contributed by atoms with Crippen LogP contribution in [-0.4, -0.2) is 0 Å². The van der Waals surface area contributed by atoms with Crippen LogP contribution in [-0.2, 0) is 0 Å². The molecule has 5 heteroatoms. The first-order chi connectivity index (χ1) is 15.3. The second-order valence-electron chi connectivity index (χ2n) is 7.10. The van der Waals surface area contributed by atoms with Crippen LogP contribution in [0.5, 0.6) is 0 Å². The molecule has 4 aromatic rings. The fraction of sp³-hybridized carbons (Fsp3) is 0.0370. The molecule has 0 N–H and O–H groups in total. The standard InChI is InChI=1S/C27H13F5/c1-16-2-6-19(24(29)12-16)7-3-18-14-25(30)22(26(31)15-18)10-5-17-4-9-21-20(13-17)8-11-23(28)27(21)32/h2,4,6,8-9,11-15H,1H3. The molecule has 0 fully saturated rings. The van der Waals surface area contributed by atoms with Gasteiger partial charge in [-0.2, -0.15) is 0 Å². The number of aryl methyl sites for hydroxylation is 1. The number of hydrogen-bond acceptors (Lipinski definition) is 0. The van der Waals surface area contributed by atoms with E-state index in [2.05, 4.69) is 23.7 Å². The van der Waals surface area contributed by atoms with Gasteiger partial charge < -0.3 is 0 Å². The van der Waals surface area contributed by atoms with Crippen LogP contribution in [0.4, 0.5) is 22.0 Å². The highest BCUT2D eigenvalue weighted by molar-refractivity contribution is 5.84. The van der Waals surface area contributed by atoms with E-state index in [0.29, 0.717) is 10.9 Å². The van der Waals surface area contributed by atoms with Gasteiger partial charge in [-0.05, 0) is 60.3 Å². The van der Waals surface area contributed by atoms with E-state index in [4.69, 9.17) is 0 Å². The minimum Gasteiger partial charge on any atom is -0.206 e. The third-order valence-corrected chi connectivity index (χ3v) is 4.75. The van der Waals surface area contributed by atoms with E-state index < -0.39 is 34.6 Å². The average Bonchev–Trinajstić information content (AvgIpc) is 2.75.